The van der Waals surface area contributed by atoms with E-state index in [2.05, 4.69) is 95.9 Å². The van der Waals surface area contributed by atoms with Crippen LogP contribution in [-0.2, 0) is 16.1 Å². The van der Waals surface area contributed by atoms with Crippen LogP contribution in [0.25, 0.3) is 0 Å². The fourth-order valence-electron chi connectivity index (χ4n) is 5.06. The summed E-state index contributed by atoms with van der Waals surface area (Å²) in [4.78, 5) is 22.1. The van der Waals surface area contributed by atoms with Crippen molar-refractivity contribution in [3.05, 3.63) is 108 Å². The van der Waals surface area contributed by atoms with Gasteiger partial charge >= 0.3 is 0 Å². The molecule has 0 aromatic heterocycles. The number of aliphatic imine (C=N–C) groups is 1. The zero-order valence-electron chi connectivity index (χ0n) is 24.7. The average Bonchev–Trinajstić information content (AvgIpc) is 3.00. The molecule has 0 amide bonds. The van der Waals surface area contributed by atoms with Crippen LogP contribution < -0.4 is 5.32 Å². The molecule has 1 heterocycles. The van der Waals surface area contributed by atoms with Crippen LogP contribution >= 0.6 is 0 Å². The molecule has 3 rings (SSSR count). The van der Waals surface area contributed by atoms with Gasteiger partial charge in [-0.2, -0.15) is 0 Å². The van der Waals surface area contributed by atoms with Gasteiger partial charge in [0.05, 0.1) is 18.3 Å². The van der Waals surface area contributed by atoms with Crippen molar-refractivity contribution in [1.29, 1.82) is 0 Å². The molecule has 0 radical (unpaired) electrons. The molecule has 0 spiro atoms. The third kappa shape index (κ3) is 9.32. The average molecular weight is 543 g/mol. The molecule has 6 heteroatoms. The van der Waals surface area contributed by atoms with Gasteiger partial charge in [0, 0.05) is 45.0 Å². The number of allylic oxidation sites excluding steroid dienone is 2. The Hall–Kier alpha value is -3.48. The highest BCUT2D eigenvalue weighted by molar-refractivity contribution is 6.14. The molecular formula is C34H46N4O2. The molecule has 214 valence electrons. The quantitative estimate of drug-likeness (QED) is 0.303. The number of benzene rings is 2. The van der Waals surface area contributed by atoms with E-state index in [-0.39, 0.29) is 17.8 Å². The van der Waals surface area contributed by atoms with Crippen molar-refractivity contribution in [1.82, 2.24) is 15.1 Å². The third-order valence-corrected chi connectivity index (χ3v) is 7.33. The Bertz CT molecular complexity index is 1190. The number of likely N-dealkylation sites (N-methyl/N-ethyl adjacent to an activating group) is 1. The zero-order valence-corrected chi connectivity index (χ0v) is 24.7. The zero-order chi connectivity index (χ0) is 28.9. The van der Waals surface area contributed by atoms with E-state index < -0.39 is 0 Å². The molecule has 0 saturated heterocycles. The third-order valence-electron chi connectivity index (χ3n) is 7.33. The summed E-state index contributed by atoms with van der Waals surface area (Å²) < 4.78 is 6.48. The van der Waals surface area contributed by atoms with Crippen LogP contribution in [0.3, 0.4) is 0 Å². The lowest BCUT2D eigenvalue weighted by Gasteiger charge is -2.24. The molecule has 2 aromatic rings. The standard InChI is InChI=1S/C34H46N4O2/c1-7-32-31(24-36-26(3)35-8-2)33(39)18-17-28(19-22-38(32)6)30-16-12-13-27(23-30)25-40-34(20-21-37(4)5)29-14-10-9-11-15-29/h7,9-16,23-24,28,34-35H,1,3,8,17-22,25H2,2,4-6H3/b32-31-,36-24-/t28?,34-/m1/s1. The van der Waals surface area contributed by atoms with E-state index in [1.54, 1.807) is 12.3 Å². The Morgan fingerprint density at radius 2 is 1.98 bits per heavy atom. The number of ether oxygens (including phenoxy) is 1. The molecule has 1 aliphatic rings. The first-order valence-electron chi connectivity index (χ1n) is 14.3. The Labute approximate surface area is 241 Å². The second kappa shape index (κ2) is 15.9. The number of ketones is 1. The SMILES string of the molecule is C=C/C1=C(\C=N/C(=C)NCC)C(=O)CCC(c2cccc(CO[C@H](CCN(C)C)c3ccccc3)c2)CCN1C. The topological polar surface area (TPSA) is 57.2 Å². The van der Waals surface area contributed by atoms with E-state index in [4.69, 9.17) is 4.74 Å². The molecule has 1 N–H and O–H groups in total. The maximum absolute atomic E-state index is 13.4. The van der Waals surface area contributed by atoms with Gasteiger partial charge in [-0.3, -0.25) is 4.79 Å². The summed E-state index contributed by atoms with van der Waals surface area (Å²) in [5, 5.41) is 3.08. The number of hydrogen-bond donors (Lipinski definition) is 1. The lowest BCUT2D eigenvalue weighted by atomic mass is 9.89. The van der Waals surface area contributed by atoms with Gasteiger partial charge in [-0.25, -0.2) is 4.99 Å². The maximum atomic E-state index is 13.4. The summed E-state index contributed by atoms with van der Waals surface area (Å²) in [5.41, 5.74) is 5.01. The second-order valence-electron chi connectivity index (χ2n) is 10.7. The van der Waals surface area contributed by atoms with Crippen LogP contribution in [0, 0.1) is 0 Å². The molecule has 0 fully saturated rings. The summed E-state index contributed by atoms with van der Waals surface area (Å²) in [7, 11) is 6.20. The van der Waals surface area contributed by atoms with Crippen molar-refractivity contribution in [2.75, 3.05) is 40.8 Å². The molecule has 0 bridgehead atoms. The lowest BCUT2D eigenvalue weighted by Crippen LogP contribution is -2.22. The highest BCUT2D eigenvalue weighted by Crippen LogP contribution is 2.30. The van der Waals surface area contributed by atoms with Crippen molar-refractivity contribution >= 4 is 12.0 Å². The lowest BCUT2D eigenvalue weighted by molar-refractivity contribution is -0.115. The summed E-state index contributed by atoms with van der Waals surface area (Å²) in [5.74, 6) is 0.888. The van der Waals surface area contributed by atoms with E-state index in [1.807, 2.05) is 20.0 Å². The number of carbonyl (C=O) groups is 1. The highest BCUT2D eigenvalue weighted by atomic mass is 16.5. The van der Waals surface area contributed by atoms with Crippen LogP contribution in [0.15, 0.2) is 95.9 Å². The van der Waals surface area contributed by atoms with Crippen LogP contribution in [0.2, 0.25) is 0 Å². The summed E-state index contributed by atoms with van der Waals surface area (Å²) in [6.07, 6.45) is 6.53. The molecule has 2 atom stereocenters. The van der Waals surface area contributed by atoms with Gasteiger partial charge in [0.15, 0.2) is 5.78 Å². The number of hydrogen-bond acceptors (Lipinski definition) is 6. The molecule has 0 aliphatic carbocycles. The number of Topliss-reactive ketones (excluding diaryl/α,β-unsaturated/α-hetero) is 1. The van der Waals surface area contributed by atoms with Crippen molar-refractivity contribution < 1.29 is 9.53 Å². The number of nitrogens with zero attached hydrogens (tertiary/aromatic N) is 3. The molecule has 1 unspecified atom stereocenters. The van der Waals surface area contributed by atoms with Gasteiger partial charge in [-0.05, 0) is 69.0 Å². The molecule has 6 nitrogen and oxygen atoms in total. The van der Waals surface area contributed by atoms with Crippen LogP contribution in [0.4, 0.5) is 0 Å². The Morgan fingerprint density at radius 1 is 1.20 bits per heavy atom. The number of rotatable bonds is 13. The van der Waals surface area contributed by atoms with E-state index in [0.717, 1.165) is 50.2 Å². The summed E-state index contributed by atoms with van der Waals surface area (Å²) in [6, 6.07) is 19.1. The smallest absolute Gasteiger partial charge is 0.166 e. The highest BCUT2D eigenvalue weighted by Gasteiger charge is 2.22. The Morgan fingerprint density at radius 3 is 2.67 bits per heavy atom. The van der Waals surface area contributed by atoms with Crippen LogP contribution in [0.5, 0.6) is 0 Å². The molecular weight excluding hydrogens is 496 g/mol. The largest absolute Gasteiger partial charge is 0.374 e. The van der Waals surface area contributed by atoms with Crippen molar-refractivity contribution in [3.8, 4) is 0 Å². The monoisotopic (exact) mass is 542 g/mol. The minimum Gasteiger partial charge on any atom is -0.374 e. The van der Waals surface area contributed by atoms with E-state index in [1.165, 1.54) is 11.1 Å². The second-order valence-corrected chi connectivity index (χ2v) is 10.7. The molecule has 2 aromatic carbocycles. The van der Waals surface area contributed by atoms with Gasteiger partial charge in [0.1, 0.15) is 5.82 Å². The normalized spacial score (nSPS) is 19.3. The molecule has 40 heavy (non-hydrogen) atoms. The number of carbonyl (C=O) groups excluding carboxylic acids is 1. The maximum Gasteiger partial charge on any atom is 0.166 e. The van der Waals surface area contributed by atoms with Crippen LogP contribution in [0.1, 0.15) is 61.3 Å². The van der Waals surface area contributed by atoms with E-state index in [9.17, 15) is 4.79 Å². The van der Waals surface area contributed by atoms with Crippen molar-refractivity contribution in [2.45, 2.75) is 51.2 Å². The minimum atomic E-state index is 0.0375. The Kier molecular flexibility index (Phi) is 12.4. The first-order valence-corrected chi connectivity index (χ1v) is 14.3. The minimum absolute atomic E-state index is 0.0375. The van der Waals surface area contributed by atoms with Gasteiger partial charge < -0.3 is 19.9 Å². The first-order chi connectivity index (χ1) is 19.3. The fourth-order valence-corrected chi connectivity index (χ4v) is 5.06. The van der Waals surface area contributed by atoms with Crippen LogP contribution in [-0.4, -0.2) is 62.6 Å². The first kappa shape index (κ1) is 31.1. The van der Waals surface area contributed by atoms with Gasteiger partial charge in [0.2, 0.25) is 0 Å². The van der Waals surface area contributed by atoms with E-state index in [0.29, 0.717) is 24.4 Å². The molecule has 0 saturated carbocycles. The Balaban J connectivity index is 1.74. The fraction of sp³-hybridized carbons (Fsp3) is 0.412. The van der Waals surface area contributed by atoms with Crippen molar-refractivity contribution in [2.24, 2.45) is 4.99 Å². The number of nitrogens with one attached hydrogen (secondary N) is 1. The predicted molar refractivity (Wildman–Crippen MR) is 166 cm³/mol. The summed E-state index contributed by atoms with van der Waals surface area (Å²) in [6.45, 7) is 12.9. The predicted octanol–water partition coefficient (Wildman–Crippen LogP) is 6.26. The van der Waals surface area contributed by atoms with Gasteiger partial charge in [-0.15, -0.1) is 0 Å². The van der Waals surface area contributed by atoms with Gasteiger partial charge in [0.25, 0.3) is 0 Å². The molecule has 1 aliphatic heterocycles. The summed E-state index contributed by atoms with van der Waals surface area (Å²) >= 11 is 0. The van der Waals surface area contributed by atoms with E-state index >= 15 is 0 Å². The van der Waals surface area contributed by atoms with Crippen molar-refractivity contribution in [3.63, 3.8) is 0 Å². The van der Waals surface area contributed by atoms with Gasteiger partial charge in [-0.1, -0.05) is 67.8 Å².